The van der Waals surface area contributed by atoms with Crippen LogP contribution in [0.1, 0.15) is 0 Å². The molecule has 8 heteroatoms. The lowest BCUT2D eigenvalue weighted by Crippen LogP contribution is -2.11. The number of pyridine rings is 1. The van der Waals surface area contributed by atoms with Gasteiger partial charge in [0.15, 0.2) is 0 Å². The van der Waals surface area contributed by atoms with Crippen LogP contribution in [0.5, 0.6) is 0 Å². The third-order valence-electron chi connectivity index (χ3n) is 3.83. The standard InChI is InChI=1S/C18H14N4O2S2/c23-26(24,16-6-9-25-12-16)22-15-3-1-2-14(10-15)18-17(11-20-21-18)13-4-7-19-8-5-13/h1-12,22H,(H,20,21). The minimum absolute atomic E-state index is 0.255. The third-order valence-corrected chi connectivity index (χ3v) is 6.04. The van der Waals surface area contributed by atoms with Crippen LogP contribution in [0.4, 0.5) is 5.69 Å². The molecular weight excluding hydrogens is 368 g/mol. The van der Waals surface area contributed by atoms with Crippen molar-refractivity contribution in [3.63, 3.8) is 0 Å². The first kappa shape index (κ1) is 16.5. The number of hydrogen-bond donors (Lipinski definition) is 2. The fourth-order valence-electron chi connectivity index (χ4n) is 2.61. The average molecular weight is 382 g/mol. The Bertz CT molecular complexity index is 1120. The zero-order valence-corrected chi connectivity index (χ0v) is 15.1. The van der Waals surface area contributed by atoms with Crippen molar-refractivity contribution in [2.45, 2.75) is 4.90 Å². The number of aromatic amines is 1. The van der Waals surface area contributed by atoms with Gasteiger partial charge in [-0.2, -0.15) is 16.4 Å². The SMILES string of the molecule is O=S(=O)(Nc1cccc(-c2n[nH]cc2-c2ccncc2)c1)c1ccsc1. The number of anilines is 1. The summed E-state index contributed by atoms with van der Waals surface area (Å²) >= 11 is 1.34. The summed E-state index contributed by atoms with van der Waals surface area (Å²) in [5, 5.41) is 10.5. The predicted octanol–water partition coefficient (Wildman–Crippen LogP) is 4.00. The highest BCUT2D eigenvalue weighted by molar-refractivity contribution is 7.92. The summed E-state index contributed by atoms with van der Waals surface area (Å²) in [5.41, 5.74) is 3.94. The summed E-state index contributed by atoms with van der Waals surface area (Å²) in [6.07, 6.45) is 5.25. The van der Waals surface area contributed by atoms with Gasteiger partial charge in [-0.25, -0.2) is 8.42 Å². The zero-order chi connectivity index (χ0) is 18.0. The fourth-order valence-corrected chi connectivity index (χ4v) is 4.69. The Kier molecular flexibility index (Phi) is 4.27. The van der Waals surface area contributed by atoms with Gasteiger partial charge in [0.2, 0.25) is 0 Å². The number of aromatic nitrogens is 3. The van der Waals surface area contributed by atoms with E-state index in [2.05, 4.69) is 19.9 Å². The van der Waals surface area contributed by atoms with Gasteiger partial charge in [-0.3, -0.25) is 14.8 Å². The van der Waals surface area contributed by atoms with Gasteiger partial charge in [0, 0.05) is 40.8 Å². The molecule has 1 aromatic carbocycles. The molecule has 0 fully saturated rings. The van der Waals surface area contributed by atoms with Crippen LogP contribution in [0.25, 0.3) is 22.4 Å². The Labute approximate surface area is 154 Å². The van der Waals surface area contributed by atoms with E-state index in [4.69, 9.17) is 0 Å². The van der Waals surface area contributed by atoms with E-state index in [-0.39, 0.29) is 4.90 Å². The Hall–Kier alpha value is -2.97. The minimum atomic E-state index is -3.59. The first-order chi connectivity index (χ1) is 12.6. The van der Waals surface area contributed by atoms with Gasteiger partial charge in [-0.15, -0.1) is 0 Å². The smallest absolute Gasteiger partial charge is 0.262 e. The minimum Gasteiger partial charge on any atom is -0.284 e. The molecule has 3 heterocycles. The Morgan fingerprint density at radius 3 is 2.65 bits per heavy atom. The average Bonchev–Trinajstić information content (AvgIpc) is 3.34. The van der Waals surface area contributed by atoms with Crippen molar-refractivity contribution in [1.82, 2.24) is 15.2 Å². The highest BCUT2D eigenvalue weighted by Crippen LogP contribution is 2.31. The van der Waals surface area contributed by atoms with E-state index in [0.29, 0.717) is 5.69 Å². The lowest BCUT2D eigenvalue weighted by Gasteiger charge is -2.08. The van der Waals surface area contributed by atoms with Gasteiger partial charge < -0.3 is 0 Å². The zero-order valence-electron chi connectivity index (χ0n) is 13.5. The first-order valence-electron chi connectivity index (χ1n) is 7.73. The molecule has 4 rings (SSSR count). The van der Waals surface area contributed by atoms with Crippen molar-refractivity contribution in [2.24, 2.45) is 0 Å². The highest BCUT2D eigenvalue weighted by atomic mass is 32.2. The van der Waals surface area contributed by atoms with Gasteiger partial charge >= 0.3 is 0 Å². The van der Waals surface area contributed by atoms with E-state index in [0.717, 1.165) is 22.4 Å². The van der Waals surface area contributed by atoms with Crippen molar-refractivity contribution in [3.05, 3.63) is 71.8 Å². The van der Waals surface area contributed by atoms with Crippen LogP contribution < -0.4 is 4.72 Å². The largest absolute Gasteiger partial charge is 0.284 e. The molecule has 0 atom stereocenters. The predicted molar refractivity (Wildman–Crippen MR) is 102 cm³/mol. The summed E-state index contributed by atoms with van der Waals surface area (Å²) in [6, 6.07) is 12.5. The molecule has 2 N–H and O–H groups in total. The summed E-state index contributed by atoms with van der Waals surface area (Å²) in [6.45, 7) is 0. The highest BCUT2D eigenvalue weighted by Gasteiger charge is 2.16. The van der Waals surface area contributed by atoms with Gasteiger partial charge in [0.25, 0.3) is 10.0 Å². The number of benzene rings is 1. The lowest BCUT2D eigenvalue weighted by atomic mass is 10.0. The summed E-state index contributed by atoms with van der Waals surface area (Å²) in [7, 11) is -3.59. The number of rotatable bonds is 5. The Balaban J connectivity index is 1.69. The molecule has 26 heavy (non-hydrogen) atoms. The number of nitrogens with one attached hydrogen (secondary N) is 2. The molecule has 0 aliphatic rings. The second kappa shape index (κ2) is 6.74. The van der Waals surface area contributed by atoms with Crippen LogP contribution in [0.3, 0.4) is 0 Å². The maximum Gasteiger partial charge on any atom is 0.262 e. The van der Waals surface area contributed by atoms with Crippen LogP contribution in [-0.4, -0.2) is 23.6 Å². The molecule has 0 unspecified atom stereocenters. The molecule has 0 saturated heterocycles. The maximum atomic E-state index is 12.4. The van der Waals surface area contributed by atoms with Crippen LogP contribution >= 0.6 is 11.3 Å². The molecule has 0 radical (unpaired) electrons. The van der Waals surface area contributed by atoms with Gasteiger partial charge in [-0.1, -0.05) is 12.1 Å². The van der Waals surface area contributed by atoms with Gasteiger partial charge in [0.05, 0.1) is 10.6 Å². The fraction of sp³-hybridized carbons (Fsp3) is 0. The van der Waals surface area contributed by atoms with E-state index in [1.54, 1.807) is 47.4 Å². The lowest BCUT2D eigenvalue weighted by molar-refractivity contribution is 0.601. The third kappa shape index (κ3) is 3.24. The number of H-pyrrole nitrogens is 1. The maximum absolute atomic E-state index is 12.4. The van der Waals surface area contributed by atoms with Crippen molar-refractivity contribution in [2.75, 3.05) is 4.72 Å². The molecule has 3 aromatic heterocycles. The molecule has 4 aromatic rings. The van der Waals surface area contributed by atoms with E-state index in [1.807, 2.05) is 24.4 Å². The summed E-state index contributed by atoms with van der Waals surface area (Å²) < 4.78 is 27.4. The van der Waals surface area contributed by atoms with Crippen molar-refractivity contribution < 1.29 is 8.42 Å². The van der Waals surface area contributed by atoms with E-state index in [1.165, 1.54) is 11.3 Å². The van der Waals surface area contributed by atoms with Crippen LogP contribution in [-0.2, 0) is 10.0 Å². The number of nitrogens with zero attached hydrogens (tertiary/aromatic N) is 2. The number of hydrogen-bond acceptors (Lipinski definition) is 5. The second-order valence-electron chi connectivity index (χ2n) is 5.53. The summed E-state index contributed by atoms with van der Waals surface area (Å²) in [5.74, 6) is 0. The molecule has 0 aliphatic heterocycles. The summed E-state index contributed by atoms with van der Waals surface area (Å²) in [4.78, 5) is 4.28. The van der Waals surface area contributed by atoms with Crippen LogP contribution in [0.2, 0.25) is 0 Å². The molecule has 130 valence electrons. The van der Waals surface area contributed by atoms with E-state index < -0.39 is 10.0 Å². The Morgan fingerprint density at radius 2 is 1.88 bits per heavy atom. The van der Waals surface area contributed by atoms with Crippen molar-refractivity contribution in [1.29, 1.82) is 0 Å². The van der Waals surface area contributed by atoms with Crippen LogP contribution in [0, 0.1) is 0 Å². The monoisotopic (exact) mass is 382 g/mol. The Morgan fingerprint density at radius 1 is 1.04 bits per heavy atom. The molecular formula is C18H14N4O2S2. The number of thiophene rings is 1. The molecule has 0 bridgehead atoms. The molecule has 0 saturated carbocycles. The van der Waals surface area contributed by atoms with Crippen molar-refractivity contribution in [3.8, 4) is 22.4 Å². The first-order valence-corrected chi connectivity index (χ1v) is 10.2. The normalized spacial score (nSPS) is 11.4. The van der Waals surface area contributed by atoms with Crippen LogP contribution in [0.15, 0.2) is 76.7 Å². The van der Waals surface area contributed by atoms with Gasteiger partial charge in [-0.05, 0) is 41.3 Å². The van der Waals surface area contributed by atoms with E-state index in [9.17, 15) is 8.42 Å². The van der Waals surface area contributed by atoms with Crippen molar-refractivity contribution >= 4 is 27.0 Å². The molecule has 0 spiro atoms. The topological polar surface area (TPSA) is 87.7 Å². The molecule has 0 aliphatic carbocycles. The second-order valence-corrected chi connectivity index (χ2v) is 7.99. The van der Waals surface area contributed by atoms with E-state index >= 15 is 0 Å². The molecule has 6 nitrogen and oxygen atoms in total. The molecule has 0 amide bonds. The van der Waals surface area contributed by atoms with Gasteiger partial charge in [0.1, 0.15) is 0 Å². The quantitative estimate of drug-likeness (QED) is 0.546. The number of sulfonamides is 1.